The zero-order valence-corrected chi connectivity index (χ0v) is 14.5. The molecule has 0 aromatic carbocycles. The van der Waals surface area contributed by atoms with Crippen molar-refractivity contribution in [2.24, 2.45) is 34.5 Å². The van der Waals surface area contributed by atoms with Crippen molar-refractivity contribution < 1.29 is 9.90 Å². The third-order valence-corrected chi connectivity index (χ3v) is 9.04. The maximum Gasteiger partial charge on any atom is 0.133 e. The quantitative estimate of drug-likeness (QED) is 0.722. The van der Waals surface area contributed by atoms with Gasteiger partial charge in [0.2, 0.25) is 0 Å². The molecule has 4 rings (SSSR count). The van der Waals surface area contributed by atoms with E-state index in [4.69, 9.17) is 0 Å². The maximum absolute atomic E-state index is 11.9. The van der Waals surface area contributed by atoms with Gasteiger partial charge in [-0.05, 0) is 86.4 Å². The predicted octanol–water partition coefficient (Wildman–Crippen LogP) is 4.35. The molecule has 124 valence electrons. The van der Waals surface area contributed by atoms with Gasteiger partial charge < -0.3 is 5.11 Å². The van der Waals surface area contributed by atoms with Crippen molar-refractivity contribution in [1.82, 2.24) is 0 Å². The number of ketones is 1. The number of hydrogen-bond donors (Lipinski definition) is 1. The number of fused-ring (bicyclic) bond motifs is 5. The lowest BCUT2D eigenvalue weighted by atomic mass is 9.44. The summed E-state index contributed by atoms with van der Waals surface area (Å²) in [5.41, 5.74) is 0.0530. The summed E-state index contributed by atoms with van der Waals surface area (Å²) in [6, 6.07) is 0. The van der Waals surface area contributed by atoms with E-state index in [1.54, 1.807) is 0 Å². The van der Waals surface area contributed by atoms with Crippen molar-refractivity contribution in [3.05, 3.63) is 0 Å². The van der Waals surface area contributed by atoms with Crippen molar-refractivity contribution in [2.45, 2.75) is 84.2 Å². The molecule has 0 saturated heterocycles. The SMILES string of the molecule is CC12CCC(=O)CC1CCC1C2CCC2(C)C1CC[C@]2(C)O. The fourth-order valence-corrected chi connectivity index (χ4v) is 7.29. The number of Topliss-reactive ketones (excluding diaryl/α,β-unsaturated/α-hetero) is 1. The number of rotatable bonds is 0. The molecule has 0 aliphatic heterocycles. The third kappa shape index (κ3) is 1.79. The molecule has 2 heteroatoms. The Morgan fingerprint density at radius 2 is 1.68 bits per heavy atom. The average molecular weight is 304 g/mol. The minimum atomic E-state index is -0.469. The first-order valence-electron chi connectivity index (χ1n) is 9.52. The molecule has 0 aromatic heterocycles. The van der Waals surface area contributed by atoms with E-state index in [9.17, 15) is 9.90 Å². The molecule has 4 aliphatic carbocycles. The Hall–Kier alpha value is -0.370. The third-order valence-electron chi connectivity index (χ3n) is 9.04. The number of aliphatic hydroxyl groups is 1. The molecular weight excluding hydrogens is 272 g/mol. The molecule has 0 bridgehead atoms. The summed E-state index contributed by atoms with van der Waals surface area (Å²) in [5, 5.41) is 10.9. The van der Waals surface area contributed by atoms with Gasteiger partial charge in [0.05, 0.1) is 5.60 Å². The van der Waals surface area contributed by atoms with Crippen LogP contribution in [0.25, 0.3) is 0 Å². The Labute approximate surface area is 135 Å². The van der Waals surface area contributed by atoms with Crippen LogP contribution in [0.1, 0.15) is 78.6 Å². The van der Waals surface area contributed by atoms with Gasteiger partial charge in [0.25, 0.3) is 0 Å². The zero-order valence-electron chi connectivity index (χ0n) is 14.5. The van der Waals surface area contributed by atoms with Crippen LogP contribution in [-0.4, -0.2) is 16.5 Å². The Morgan fingerprint density at radius 3 is 2.45 bits per heavy atom. The molecule has 0 heterocycles. The number of hydrogen-bond acceptors (Lipinski definition) is 2. The first-order chi connectivity index (χ1) is 10.3. The molecule has 6 unspecified atom stereocenters. The molecule has 0 aromatic rings. The molecule has 4 fully saturated rings. The van der Waals surface area contributed by atoms with Crippen molar-refractivity contribution in [1.29, 1.82) is 0 Å². The first kappa shape index (κ1) is 15.2. The highest BCUT2D eigenvalue weighted by atomic mass is 16.3. The Kier molecular flexibility index (Phi) is 3.16. The van der Waals surface area contributed by atoms with Crippen LogP contribution < -0.4 is 0 Å². The van der Waals surface area contributed by atoms with Crippen LogP contribution in [0, 0.1) is 34.5 Å². The molecule has 22 heavy (non-hydrogen) atoms. The highest BCUT2D eigenvalue weighted by Crippen LogP contribution is 2.67. The van der Waals surface area contributed by atoms with E-state index >= 15 is 0 Å². The average Bonchev–Trinajstić information content (AvgIpc) is 2.70. The predicted molar refractivity (Wildman–Crippen MR) is 87.4 cm³/mol. The van der Waals surface area contributed by atoms with Crippen molar-refractivity contribution in [3.63, 3.8) is 0 Å². The molecule has 0 spiro atoms. The standard InChI is InChI=1S/C20H32O2/c1-18-9-6-14(21)12-13(18)4-5-15-16(18)7-10-19(2)17(15)8-11-20(19,3)22/h13,15-17,22H,4-12H2,1-3H3/t13?,15?,16?,17?,18?,19?,20-/m0/s1. The number of carbonyl (C=O) groups excluding carboxylic acids is 1. The first-order valence-corrected chi connectivity index (χ1v) is 9.52. The molecular formula is C20H32O2. The van der Waals surface area contributed by atoms with E-state index in [0.29, 0.717) is 23.0 Å². The lowest BCUT2D eigenvalue weighted by Gasteiger charge is -2.60. The van der Waals surface area contributed by atoms with Crippen molar-refractivity contribution >= 4 is 5.78 Å². The smallest absolute Gasteiger partial charge is 0.133 e. The van der Waals surface area contributed by atoms with Gasteiger partial charge in [-0.25, -0.2) is 0 Å². The van der Waals surface area contributed by atoms with Gasteiger partial charge in [0, 0.05) is 12.8 Å². The Balaban J connectivity index is 1.65. The second kappa shape index (κ2) is 4.59. The molecule has 4 aliphatic rings. The van der Waals surface area contributed by atoms with Crippen LogP contribution in [0.2, 0.25) is 0 Å². The number of carbonyl (C=O) groups is 1. The monoisotopic (exact) mass is 304 g/mol. The van der Waals surface area contributed by atoms with E-state index in [0.717, 1.165) is 37.5 Å². The summed E-state index contributed by atoms with van der Waals surface area (Å²) < 4.78 is 0. The van der Waals surface area contributed by atoms with Crippen molar-refractivity contribution in [2.75, 3.05) is 0 Å². The minimum absolute atomic E-state index is 0.127. The molecule has 7 atom stereocenters. The highest BCUT2D eigenvalue weighted by molar-refractivity contribution is 5.79. The largest absolute Gasteiger partial charge is 0.390 e. The van der Waals surface area contributed by atoms with Gasteiger partial charge in [-0.1, -0.05) is 13.8 Å². The fourth-order valence-electron chi connectivity index (χ4n) is 7.29. The highest BCUT2D eigenvalue weighted by Gasteiger charge is 2.63. The van der Waals surface area contributed by atoms with Gasteiger partial charge in [0.15, 0.2) is 0 Å². The Morgan fingerprint density at radius 1 is 0.955 bits per heavy atom. The van der Waals surface area contributed by atoms with E-state index in [1.807, 2.05) is 0 Å². The second-order valence-electron chi connectivity index (χ2n) is 9.67. The summed E-state index contributed by atoms with van der Waals surface area (Å²) in [6.45, 7) is 6.94. The maximum atomic E-state index is 11.9. The van der Waals surface area contributed by atoms with Crippen LogP contribution in [-0.2, 0) is 4.79 Å². The summed E-state index contributed by atoms with van der Waals surface area (Å²) in [6.07, 6.45) is 9.98. The second-order valence-corrected chi connectivity index (χ2v) is 9.67. The molecule has 2 nitrogen and oxygen atoms in total. The molecule has 0 amide bonds. The van der Waals surface area contributed by atoms with E-state index < -0.39 is 5.60 Å². The van der Waals surface area contributed by atoms with Gasteiger partial charge in [-0.3, -0.25) is 4.79 Å². The summed E-state index contributed by atoms with van der Waals surface area (Å²) >= 11 is 0. The fraction of sp³-hybridized carbons (Fsp3) is 0.950. The zero-order chi connectivity index (χ0) is 15.8. The molecule has 0 radical (unpaired) electrons. The minimum Gasteiger partial charge on any atom is -0.390 e. The molecule has 1 N–H and O–H groups in total. The molecule has 4 saturated carbocycles. The van der Waals surface area contributed by atoms with Crippen LogP contribution in [0.5, 0.6) is 0 Å². The van der Waals surface area contributed by atoms with Crippen LogP contribution in [0.3, 0.4) is 0 Å². The lowest BCUT2D eigenvalue weighted by Crippen LogP contribution is -2.55. The van der Waals surface area contributed by atoms with Crippen LogP contribution >= 0.6 is 0 Å². The van der Waals surface area contributed by atoms with Gasteiger partial charge in [0.1, 0.15) is 5.78 Å². The Bertz CT molecular complexity index is 496. The normalized spacial score (nSPS) is 57.9. The van der Waals surface area contributed by atoms with Crippen LogP contribution in [0.15, 0.2) is 0 Å². The topological polar surface area (TPSA) is 37.3 Å². The van der Waals surface area contributed by atoms with Gasteiger partial charge in [-0.15, -0.1) is 0 Å². The van der Waals surface area contributed by atoms with Crippen molar-refractivity contribution in [3.8, 4) is 0 Å². The summed E-state index contributed by atoms with van der Waals surface area (Å²) in [4.78, 5) is 11.9. The van der Waals surface area contributed by atoms with E-state index in [1.165, 1.54) is 32.1 Å². The van der Waals surface area contributed by atoms with E-state index in [-0.39, 0.29) is 5.41 Å². The van der Waals surface area contributed by atoms with Crippen LogP contribution in [0.4, 0.5) is 0 Å². The summed E-state index contributed by atoms with van der Waals surface area (Å²) in [7, 11) is 0. The summed E-state index contributed by atoms with van der Waals surface area (Å²) in [5.74, 6) is 3.44. The van der Waals surface area contributed by atoms with Gasteiger partial charge >= 0.3 is 0 Å². The van der Waals surface area contributed by atoms with E-state index in [2.05, 4.69) is 20.8 Å². The lowest BCUT2D eigenvalue weighted by molar-refractivity contribution is -0.152. The van der Waals surface area contributed by atoms with Gasteiger partial charge in [-0.2, -0.15) is 0 Å².